The lowest BCUT2D eigenvalue weighted by molar-refractivity contribution is 0.647. The number of benzene rings is 8. The Labute approximate surface area is 470 Å². The summed E-state index contributed by atoms with van der Waals surface area (Å²) in [6.07, 6.45) is 39.9. The number of hydrogen-bond acceptors (Lipinski definition) is 0. The highest BCUT2D eigenvalue weighted by molar-refractivity contribution is 5.67. The summed E-state index contributed by atoms with van der Waals surface area (Å²) in [7, 11) is 0. The molecule has 8 aromatic carbocycles. The van der Waals surface area contributed by atoms with Crippen molar-refractivity contribution in [2.45, 2.75) is 68.2 Å². The minimum atomic E-state index is 0.706. The maximum atomic E-state index is 2.26. The maximum Gasteiger partial charge on any atom is -0.0184 e. The van der Waals surface area contributed by atoms with Crippen molar-refractivity contribution in [3.05, 3.63) is 334 Å². The summed E-state index contributed by atoms with van der Waals surface area (Å²) in [6.45, 7) is 17.6. The average molecular weight is 1020 g/mol. The molecule has 0 heteroatoms. The molecule has 0 aliphatic heterocycles. The molecule has 0 aliphatic rings. The van der Waals surface area contributed by atoms with E-state index in [0.717, 1.165) is 12.8 Å². The van der Waals surface area contributed by atoms with Crippen LogP contribution in [0.2, 0.25) is 0 Å². The topological polar surface area (TPSA) is 0 Å². The predicted octanol–water partition coefficient (Wildman–Crippen LogP) is 21.9. The van der Waals surface area contributed by atoms with Gasteiger partial charge in [-0.1, -0.05) is 331 Å². The van der Waals surface area contributed by atoms with Crippen LogP contribution in [0.15, 0.2) is 267 Å². The highest BCUT2D eigenvalue weighted by atomic mass is 14.1. The fourth-order valence-corrected chi connectivity index (χ4v) is 8.43. The standard InChI is InChI=1S/C30H24.C26H32.C22H24/c1(5-11-25-17-21-29(22-18-25)27-13-7-3-8-14-27)2-6-12-26-19-23-30(24-20-26)28-15-9-4-10-16-28;1-21(2)19-25-15-11-23(12-16-25)9-7-5-6-8-10-24-13-17-26(18-14-24)20-22(3)4;1-17-11-13-21(15-19(17)3)9-7-5-6-8-10-22-14-12-18(2)20(4)16-22/h1-24H;5-18,21-22H,19-20H2,1-4H3;5-16H,1-4H3/b2-1+,11-5+,12-6+;2*6-5+,9-7+,10-8+. The van der Waals surface area contributed by atoms with Gasteiger partial charge in [-0.3, -0.25) is 0 Å². The van der Waals surface area contributed by atoms with Crippen LogP contribution in [-0.2, 0) is 12.8 Å². The SMILES string of the molecule is C(=C\C=C\c1ccc(-c2ccccc2)cc1)/C=C/c1ccc(-c2ccccc2)cc1.CC(C)Cc1ccc(/C=C/C=C/C=C/c2ccc(CC(C)C)cc2)cc1.Cc1ccc(/C=C/C=C/C=C/c2ccc(C)c(C)c2)cc1C. The van der Waals surface area contributed by atoms with Gasteiger partial charge in [0, 0.05) is 0 Å². The van der Waals surface area contributed by atoms with Crippen LogP contribution in [-0.4, -0.2) is 0 Å². The first-order valence-electron chi connectivity index (χ1n) is 27.6. The monoisotopic (exact) mass is 1020 g/mol. The van der Waals surface area contributed by atoms with Gasteiger partial charge in [-0.2, -0.15) is 0 Å². The smallest absolute Gasteiger partial charge is 0.0184 e. The maximum absolute atomic E-state index is 2.26. The van der Waals surface area contributed by atoms with Gasteiger partial charge in [0.1, 0.15) is 0 Å². The highest BCUT2D eigenvalue weighted by Gasteiger charge is 2.00. The van der Waals surface area contributed by atoms with Gasteiger partial charge in [0.25, 0.3) is 0 Å². The third-order valence-electron chi connectivity index (χ3n) is 13.1. The molecule has 0 bridgehead atoms. The van der Waals surface area contributed by atoms with Crippen molar-refractivity contribution in [1.82, 2.24) is 0 Å². The van der Waals surface area contributed by atoms with Crippen LogP contribution in [0, 0.1) is 39.5 Å². The Balaban J connectivity index is 0.000000192. The van der Waals surface area contributed by atoms with Crippen LogP contribution in [0.4, 0.5) is 0 Å². The number of hydrogen-bond donors (Lipinski definition) is 0. The van der Waals surface area contributed by atoms with Crippen LogP contribution in [0.3, 0.4) is 0 Å². The fraction of sp³-hybridized carbons (Fsp3) is 0.154. The van der Waals surface area contributed by atoms with E-state index in [2.05, 4.69) is 347 Å². The Kier molecular flexibility index (Phi) is 24.7. The molecule has 0 aromatic heterocycles. The van der Waals surface area contributed by atoms with Crippen LogP contribution in [0.25, 0.3) is 58.7 Å². The molecule has 0 amide bonds. The average Bonchev–Trinajstić information content (AvgIpc) is 3.45. The summed E-state index contributed by atoms with van der Waals surface area (Å²) in [5.74, 6) is 1.41. The Hall–Kier alpha value is -8.58. The van der Waals surface area contributed by atoms with Crippen LogP contribution < -0.4 is 0 Å². The molecular formula is C78H80. The molecule has 8 rings (SSSR count). The van der Waals surface area contributed by atoms with Gasteiger partial charge in [-0.15, -0.1) is 0 Å². The van der Waals surface area contributed by atoms with E-state index in [1.165, 1.54) is 89.0 Å². The summed E-state index contributed by atoms with van der Waals surface area (Å²) >= 11 is 0. The first kappa shape index (κ1) is 58.7. The molecule has 0 saturated carbocycles. The summed E-state index contributed by atoms with van der Waals surface area (Å²) in [6, 6.07) is 68.9. The molecule has 392 valence electrons. The zero-order valence-corrected chi connectivity index (χ0v) is 47.4. The summed E-state index contributed by atoms with van der Waals surface area (Å²) in [5, 5.41) is 0. The van der Waals surface area contributed by atoms with Crippen molar-refractivity contribution in [2.75, 3.05) is 0 Å². The van der Waals surface area contributed by atoms with Crippen molar-refractivity contribution >= 4 is 36.5 Å². The molecule has 0 unspecified atom stereocenters. The van der Waals surface area contributed by atoms with E-state index >= 15 is 0 Å². The second kappa shape index (κ2) is 32.8. The fourth-order valence-electron chi connectivity index (χ4n) is 8.43. The van der Waals surface area contributed by atoms with Crippen molar-refractivity contribution in [2.24, 2.45) is 11.8 Å². The molecule has 0 atom stereocenters. The van der Waals surface area contributed by atoms with E-state index in [1.807, 2.05) is 12.1 Å². The van der Waals surface area contributed by atoms with E-state index < -0.39 is 0 Å². The highest BCUT2D eigenvalue weighted by Crippen LogP contribution is 2.22. The van der Waals surface area contributed by atoms with Crippen molar-refractivity contribution < 1.29 is 0 Å². The number of aryl methyl sites for hydroxylation is 4. The minimum Gasteiger partial charge on any atom is -0.0625 e. The molecule has 0 radical (unpaired) electrons. The molecule has 0 nitrogen and oxygen atoms in total. The van der Waals surface area contributed by atoms with Gasteiger partial charge >= 0.3 is 0 Å². The molecule has 0 heterocycles. The molecule has 78 heavy (non-hydrogen) atoms. The summed E-state index contributed by atoms with van der Waals surface area (Å²) < 4.78 is 0. The Morgan fingerprint density at radius 1 is 0.244 bits per heavy atom. The number of allylic oxidation sites excluding steroid dienone is 12. The van der Waals surface area contributed by atoms with E-state index in [9.17, 15) is 0 Å². The molecular weight excluding hydrogens is 937 g/mol. The molecule has 0 aliphatic carbocycles. The van der Waals surface area contributed by atoms with Crippen LogP contribution >= 0.6 is 0 Å². The lowest BCUT2D eigenvalue weighted by Crippen LogP contribution is -1.93. The Morgan fingerprint density at radius 3 is 0.756 bits per heavy atom. The largest absolute Gasteiger partial charge is 0.0625 e. The van der Waals surface area contributed by atoms with Gasteiger partial charge < -0.3 is 0 Å². The zero-order valence-electron chi connectivity index (χ0n) is 47.4. The van der Waals surface area contributed by atoms with E-state index in [4.69, 9.17) is 0 Å². The minimum absolute atomic E-state index is 0.706. The Bertz CT molecular complexity index is 3060. The summed E-state index contributed by atoms with van der Waals surface area (Å²) in [5.41, 5.74) is 20.5. The first-order valence-corrected chi connectivity index (χ1v) is 27.6. The molecule has 0 spiro atoms. The molecule has 0 saturated heterocycles. The van der Waals surface area contributed by atoms with Crippen molar-refractivity contribution in [1.29, 1.82) is 0 Å². The second-order valence-corrected chi connectivity index (χ2v) is 20.7. The van der Waals surface area contributed by atoms with Gasteiger partial charge in [0.2, 0.25) is 0 Å². The normalized spacial score (nSPS) is 12.0. The summed E-state index contributed by atoms with van der Waals surface area (Å²) in [4.78, 5) is 0. The zero-order chi connectivity index (χ0) is 55.2. The van der Waals surface area contributed by atoms with Gasteiger partial charge in [0.05, 0.1) is 0 Å². The van der Waals surface area contributed by atoms with Crippen LogP contribution in [0.5, 0.6) is 0 Å². The lowest BCUT2D eigenvalue weighted by Gasteiger charge is -2.04. The lowest BCUT2D eigenvalue weighted by atomic mass is 10.0. The van der Waals surface area contributed by atoms with Crippen LogP contribution in [0.1, 0.15) is 94.5 Å². The van der Waals surface area contributed by atoms with Crippen molar-refractivity contribution in [3.8, 4) is 22.3 Å². The van der Waals surface area contributed by atoms with E-state index in [-0.39, 0.29) is 0 Å². The van der Waals surface area contributed by atoms with Gasteiger partial charge in [-0.25, -0.2) is 0 Å². The van der Waals surface area contributed by atoms with E-state index in [0.29, 0.717) is 11.8 Å². The third-order valence-corrected chi connectivity index (χ3v) is 13.1. The van der Waals surface area contributed by atoms with Crippen molar-refractivity contribution in [3.63, 3.8) is 0 Å². The second-order valence-electron chi connectivity index (χ2n) is 20.7. The molecule has 0 N–H and O–H groups in total. The number of rotatable bonds is 18. The predicted molar refractivity (Wildman–Crippen MR) is 347 cm³/mol. The third kappa shape index (κ3) is 21.9. The molecule has 8 aromatic rings. The van der Waals surface area contributed by atoms with Gasteiger partial charge in [-0.05, 0) is 141 Å². The quantitative estimate of drug-likeness (QED) is 0.0752. The van der Waals surface area contributed by atoms with Gasteiger partial charge in [0.15, 0.2) is 0 Å². The van der Waals surface area contributed by atoms with E-state index in [1.54, 1.807) is 0 Å². The Morgan fingerprint density at radius 2 is 0.487 bits per heavy atom. The first-order chi connectivity index (χ1) is 38.0. The molecule has 0 fully saturated rings.